The Hall–Kier alpha value is -1.84. The molecular formula is C17H21BrN4O. The number of piperazine rings is 1. The van der Waals surface area contributed by atoms with Crippen molar-refractivity contribution < 1.29 is 4.79 Å². The Bertz CT molecular complexity index is 598. The van der Waals surface area contributed by atoms with Crippen LogP contribution in [-0.2, 0) is 11.2 Å². The second-order valence-corrected chi connectivity index (χ2v) is 6.51. The third-order valence-corrected chi connectivity index (χ3v) is 4.39. The van der Waals surface area contributed by atoms with Crippen LogP contribution in [0.25, 0.3) is 0 Å². The van der Waals surface area contributed by atoms with Gasteiger partial charge < -0.3 is 15.1 Å². The average molecular weight is 377 g/mol. The number of rotatable bonds is 5. The predicted octanol–water partition coefficient (Wildman–Crippen LogP) is 1.76. The van der Waals surface area contributed by atoms with Crippen molar-refractivity contribution >= 4 is 21.8 Å². The molecule has 1 heterocycles. The maximum Gasteiger partial charge on any atom is 0.266 e. The molecule has 1 N–H and O–H groups in total. The fourth-order valence-electron chi connectivity index (χ4n) is 2.36. The summed E-state index contributed by atoms with van der Waals surface area (Å²) >= 11 is 3.41. The third-order valence-electron chi connectivity index (χ3n) is 3.86. The first-order valence-corrected chi connectivity index (χ1v) is 8.45. The number of hydrogen-bond acceptors (Lipinski definition) is 4. The van der Waals surface area contributed by atoms with Crippen molar-refractivity contribution in [2.24, 2.45) is 0 Å². The minimum Gasteiger partial charge on any atom is -0.389 e. The molecule has 1 aromatic carbocycles. The van der Waals surface area contributed by atoms with E-state index in [-0.39, 0.29) is 11.5 Å². The summed E-state index contributed by atoms with van der Waals surface area (Å²) in [5.41, 5.74) is 1.38. The van der Waals surface area contributed by atoms with Gasteiger partial charge in [-0.1, -0.05) is 28.1 Å². The maximum absolute atomic E-state index is 12.3. The van der Waals surface area contributed by atoms with E-state index in [1.165, 1.54) is 5.56 Å². The van der Waals surface area contributed by atoms with Gasteiger partial charge in [-0.3, -0.25) is 4.79 Å². The van der Waals surface area contributed by atoms with Crippen LogP contribution in [0.15, 0.2) is 40.5 Å². The smallest absolute Gasteiger partial charge is 0.266 e. The molecule has 1 fully saturated rings. The molecule has 122 valence electrons. The highest BCUT2D eigenvalue weighted by molar-refractivity contribution is 9.10. The van der Waals surface area contributed by atoms with Gasteiger partial charge >= 0.3 is 0 Å². The van der Waals surface area contributed by atoms with Gasteiger partial charge in [-0.15, -0.1) is 0 Å². The Morgan fingerprint density at radius 1 is 1.30 bits per heavy atom. The van der Waals surface area contributed by atoms with Gasteiger partial charge in [-0.2, -0.15) is 5.26 Å². The number of hydrogen-bond donors (Lipinski definition) is 1. The molecule has 0 atom stereocenters. The van der Waals surface area contributed by atoms with Crippen molar-refractivity contribution in [1.82, 2.24) is 15.1 Å². The Morgan fingerprint density at radius 2 is 1.96 bits per heavy atom. The molecule has 0 aliphatic carbocycles. The van der Waals surface area contributed by atoms with E-state index < -0.39 is 0 Å². The van der Waals surface area contributed by atoms with Crippen molar-refractivity contribution in [3.8, 4) is 6.07 Å². The number of nitrogens with one attached hydrogen (secondary N) is 1. The Balaban J connectivity index is 1.83. The van der Waals surface area contributed by atoms with Crippen LogP contribution in [0.4, 0.5) is 0 Å². The van der Waals surface area contributed by atoms with Crippen molar-refractivity contribution in [2.75, 3.05) is 39.8 Å². The van der Waals surface area contributed by atoms with E-state index in [0.717, 1.165) is 24.0 Å². The molecule has 1 aromatic rings. The second kappa shape index (κ2) is 8.70. The summed E-state index contributed by atoms with van der Waals surface area (Å²) < 4.78 is 1.05. The van der Waals surface area contributed by atoms with Crippen LogP contribution in [0.2, 0.25) is 0 Å². The van der Waals surface area contributed by atoms with Crippen molar-refractivity contribution in [1.29, 1.82) is 5.26 Å². The number of amides is 1. The third kappa shape index (κ3) is 5.38. The minimum atomic E-state index is -0.184. The highest BCUT2D eigenvalue weighted by atomic mass is 79.9. The van der Waals surface area contributed by atoms with Crippen LogP contribution in [0.1, 0.15) is 5.56 Å². The summed E-state index contributed by atoms with van der Waals surface area (Å²) in [6, 6.07) is 10.1. The van der Waals surface area contributed by atoms with E-state index in [4.69, 9.17) is 0 Å². The first-order valence-electron chi connectivity index (χ1n) is 7.66. The number of nitriles is 1. The first kappa shape index (κ1) is 17.5. The normalized spacial score (nSPS) is 16.0. The second-order valence-electron chi connectivity index (χ2n) is 5.60. The lowest BCUT2D eigenvalue weighted by Gasteiger charge is -2.32. The average Bonchev–Trinajstić information content (AvgIpc) is 2.57. The standard InChI is InChI=1S/C17H21BrN4O/c1-21-8-10-22(11-9-21)17(23)15(12-19)13-20-7-6-14-2-4-16(18)5-3-14/h2-5,13,20H,6-11H2,1H3/b15-13-. The fourth-order valence-corrected chi connectivity index (χ4v) is 2.63. The number of likely N-dealkylation sites (N-methyl/N-ethyl adjacent to an activating group) is 1. The Labute approximate surface area is 145 Å². The van der Waals surface area contributed by atoms with Crippen LogP contribution in [0.3, 0.4) is 0 Å². The van der Waals surface area contributed by atoms with Gasteiger partial charge in [0.05, 0.1) is 0 Å². The molecule has 2 rings (SSSR count). The van der Waals surface area contributed by atoms with Gasteiger partial charge in [0.2, 0.25) is 0 Å². The molecule has 5 nitrogen and oxygen atoms in total. The maximum atomic E-state index is 12.3. The number of nitrogens with zero attached hydrogens (tertiary/aromatic N) is 3. The van der Waals surface area contributed by atoms with Gasteiger partial charge in [-0.25, -0.2) is 0 Å². The van der Waals surface area contributed by atoms with Crippen LogP contribution in [0, 0.1) is 11.3 Å². The topological polar surface area (TPSA) is 59.4 Å². The molecule has 0 spiro atoms. The predicted molar refractivity (Wildman–Crippen MR) is 93.6 cm³/mol. The summed E-state index contributed by atoms with van der Waals surface area (Å²) in [6.45, 7) is 3.73. The molecule has 0 bridgehead atoms. The Kier molecular flexibility index (Phi) is 6.63. The molecule has 1 amide bonds. The number of halogens is 1. The van der Waals surface area contributed by atoms with Crippen LogP contribution in [0.5, 0.6) is 0 Å². The lowest BCUT2D eigenvalue weighted by Crippen LogP contribution is -2.47. The highest BCUT2D eigenvalue weighted by Crippen LogP contribution is 2.10. The summed E-state index contributed by atoms with van der Waals surface area (Å²) in [4.78, 5) is 16.2. The van der Waals surface area contributed by atoms with Gasteiger partial charge in [0, 0.05) is 43.4 Å². The SMILES string of the molecule is CN1CCN(C(=O)/C(C#N)=C\NCCc2ccc(Br)cc2)CC1. The quantitative estimate of drug-likeness (QED) is 0.483. The van der Waals surface area contributed by atoms with E-state index in [1.807, 2.05) is 25.2 Å². The largest absolute Gasteiger partial charge is 0.389 e. The molecule has 0 saturated carbocycles. The van der Waals surface area contributed by atoms with Gasteiger partial charge in [-0.05, 0) is 31.2 Å². The number of carbonyl (C=O) groups is 1. The van der Waals surface area contributed by atoms with E-state index in [1.54, 1.807) is 11.1 Å². The minimum absolute atomic E-state index is 0.172. The van der Waals surface area contributed by atoms with Crippen LogP contribution in [-0.4, -0.2) is 55.5 Å². The van der Waals surface area contributed by atoms with Crippen LogP contribution >= 0.6 is 15.9 Å². The Morgan fingerprint density at radius 3 is 2.57 bits per heavy atom. The molecule has 1 saturated heterocycles. The number of benzene rings is 1. The summed E-state index contributed by atoms with van der Waals surface area (Å²) in [7, 11) is 2.03. The van der Waals surface area contributed by atoms with E-state index in [9.17, 15) is 10.1 Å². The molecule has 0 aromatic heterocycles. The molecule has 23 heavy (non-hydrogen) atoms. The number of carbonyl (C=O) groups excluding carboxylic acids is 1. The monoisotopic (exact) mass is 376 g/mol. The molecule has 0 unspecified atom stereocenters. The lowest BCUT2D eigenvalue weighted by atomic mass is 10.1. The summed E-state index contributed by atoms with van der Waals surface area (Å²) in [5.74, 6) is -0.184. The first-order chi connectivity index (χ1) is 11.1. The molecule has 1 aliphatic rings. The van der Waals surface area contributed by atoms with E-state index in [0.29, 0.717) is 19.6 Å². The lowest BCUT2D eigenvalue weighted by molar-refractivity contribution is -0.128. The van der Waals surface area contributed by atoms with Crippen molar-refractivity contribution in [3.05, 3.63) is 46.1 Å². The molecule has 1 aliphatic heterocycles. The molecule has 0 radical (unpaired) electrons. The summed E-state index contributed by atoms with van der Waals surface area (Å²) in [6.07, 6.45) is 2.38. The highest BCUT2D eigenvalue weighted by Gasteiger charge is 2.21. The summed E-state index contributed by atoms with van der Waals surface area (Å²) in [5, 5.41) is 12.3. The van der Waals surface area contributed by atoms with E-state index >= 15 is 0 Å². The molecule has 6 heteroatoms. The van der Waals surface area contributed by atoms with E-state index in [2.05, 4.69) is 38.3 Å². The van der Waals surface area contributed by atoms with Crippen molar-refractivity contribution in [2.45, 2.75) is 6.42 Å². The fraction of sp³-hybridized carbons (Fsp3) is 0.412. The van der Waals surface area contributed by atoms with Crippen LogP contribution < -0.4 is 5.32 Å². The zero-order chi connectivity index (χ0) is 16.7. The van der Waals surface area contributed by atoms with Gasteiger partial charge in [0.1, 0.15) is 11.6 Å². The molecular weight excluding hydrogens is 356 g/mol. The van der Waals surface area contributed by atoms with Gasteiger partial charge in [0.25, 0.3) is 5.91 Å². The van der Waals surface area contributed by atoms with Crippen molar-refractivity contribution in [3.63, 3.8) is 0 Å². The van der Waals surface area contributed by atoms with Gasteiger partial charge in [0.15, 0.2) is 0 Å². The zero-order valence-electron chi connectivity index (χ0n) is 13.3. The zero-order valence-corrected chi connectivity index (χ0v) is 14.8.